The Morgan fingerprint density at radius 3 is 2.67 bits per heavy atom. The van der Waals surface area contributed by atoms with Crippen molar-refractivity contribution in [3.63, 3.8) is 0 Å². The average Bonchev–Trinajstić information content (AvgIpc) is 3.01. The summed E-state index contributed by atoms with van der Waals surface area (Å²) in [5.41, 5.74) is 4.31. The minimum atomic E-state index is -0.262. The third-order valence-electron chi connectivity index (χ3n) is 4.84. The Morgan fingerprint density at radius 2 is 1.89 bits per heavy atom. The first-order valence-corrected chi connectivity index (χ1v) is 9.18. The first-order valence-electron chi connectivity index (χ1n) is 8.80. The van der Waals surface area contributed by atoms with Crippen LogP contribution in [0.1, 0.15) is 28.4 Å². The van der Waals surface area contributed by atoms with Crippen LogP contribution in [0.4, 0.5) is 17.3 Å². The van der Waals surface area contributed by atoms with Gasteiger partial charge in [0.15, 0.2) is 0 Å². The number of nitrogens with zero attached hydrogens (tertiary/aromatic N) is 3. The molecule has 2 heterocycles. The molecule has 0 saturated carbocycles. The highest BCUT2D eigenvalue weighted by atomic mass is 35.5. The van der Waals surface area contributed by atoms with Crippen LogP contribution in [0.3, 0.4) is 0 Å². The molecule has 2 aromatic carbocycles. The molecule has 1 N–H and O–H groups in total. The summed E-state index contributed by atoms with van der Waals surface area (Å²) in [6, 6.07) is 13.9. The van der Waals surface area contributed by atoms with Crippen LogP contribution in [0.5, 0.6) is 0 Å². The van der Waals surface area contributed by atoms with Crippen LogP contribution in [-0.2, 0) is 6.42 Å². The Hall–Kier alpha value is -2.92. The summed E-state index contributed by atoms with van der Waals surface area (Å²) in [5.74, 6) is 0.338. The maximum Gasteiger partial charge on any atom is 0.258 e. The maximum absolute atomic E-state index is 12.5. The molecule has 5 nitrogen and oxygen atoms in total. The van der Waals surface area contributed by atoms with E-state index in [2.05, 4.69) is 39.2 Å². The van der Waals surface area contributed by atoms with Crippen molar-refractivity contribution in [1.82, 2.24) is 9.97 Å². The number of para-hydroxylation sites is 1. The molecule has 1 unspecified atom stereocenters. The number of hydrogen-bond donors (Lipinski definition) is 1. The number of hydrogen-bond acceptors (Lipinski definition) is 4. The number of carbonyl (C=O) groups excluding carboxylic acids is 1. The molecule has 136 valence electrons. The van der Waals surface area contributed by atoms with Gasteiger partial charge in [-0.3, -0.25) is 4.79 Å². The summed E-state index contributed by atoms with van der Waals surface area (Å²) in [6.45, 7) is 4.01. The lowest BCUT2D eigenvalue weighted by molar-refractivity contribution is 0.102. The van der Waals surface area contributed by atoms with Gasteiger partial charge >= 0.3 is 0 Å². The Labute approximate surface area is 163 Å². The number of anilines is 3. The van der Waals surface area contributed by atoms with Crippen molar-refractivity contribution >= 4 is 34.8 Å². The van der Waals surface area contributed by atoms with E-state index in [-0.39, 0.29) is 11.9 Å². The van der Waals surface area contributed by atoms with Crippen molar-refractivity contribution in [1.29, 1.82) is 0 Å². The highest BCUT2D eigenvalue weighted by Gasteiger charge is 2.28. The van der Waals surface area contributed by atoms with E-state index in [1.807, 2.05) is 25.1 Å². The van der Waals surface area contributed by atoms with Crippen molar-refractivity contribution in [3.05, 3.63) is 76.6 Å². The molecule has 27 heavy (non-hydrogen) atoms. The second kappa shape index (κ2) is 7.00. The van der Waals surface area contributed by atoms with Gasteiger partial charge in [0.25, 0.3) is 5.91 Å². The number of amides is 1. The Bertz CT molecular complexity index is 1000. The van der Waals surface area contributed by atoms with E-state index in [0.717, 1.165) is 17.7 Å². The Balaban J connectivity index is 1.56. The summed E-state index contributed by atoms with van der Waals surface area (Å²) < 4.78 is 0. The van der Waals surface area contributed by atoms with Gasteiger partial charge in [0, 0.05) is 34.8 Å². The van der Waals surface area contributed by atoms with Crippen LogP contribution in [0.25, 0.3) is 0 Å². The predicted molar refractivity (Wildman–Crippen MR) is 108 cm³/mol. The average molecular weight is 379 g/mol. The first-order chi connectivity index (χ1) is 13.0. The van der Waals surface area contributed by atoms with Crippen LogP contribution < -0.4 is 10.2 Å². The zero-order valence-corrected chi connectivity index (χ0v) is 15.9. The molecule has 0 fully saturated rings. The number of rotatable bonds is 3. The normalized spacial score (nSPS) is 15.5. The van der Waals surface area contributed by atoms with Crippen molar-refractivity contribution in [2.45, 2.75) is 26.3 Å². The van der Waals surface area contributed by atoms with Gasteiger partial charge in [0.2, 0.25) is 5.95 Å². The number of nitrogens with one attached hydrogen (secondary N) is 1. The molecule has 1 amide bonds. The lowest BCUT2D eigenvalue weighted by atomic mass is 10.1. The molecule has 1 atom stereocenters. The second-order valence-electron chi connectivity index (χ2n) is 6.69. The predicted octanol–water partition coefficient (Wildman–Crippen LogP) is 4.77. The third-order valence-corrected chi connectivity index (χ3v) is 5.25. The van der Waals surface area contributed by atoms with Crippen LogP contribution in [-0.4, -0.2) is 21.9 Å². The Kier molecular flexibility index (Phi) is 4.54. The molecule has 0 bridgehead atoms. The topological polar surface area (TPSA) is 58.1 Å². The molecule has 4 rings (SSSR count). The van der Waals surface area contributed by atoms with E-state index in [1.165, 1.54) is 5.56 Å². The van der Waals surface area contributed by atoms with E-state index in [9.17, 15) is 4.79 Å². The fourth-order valence-corrected chi connectivity index (χ4v) is 3.55. The summed E-state index contributed by atoms with van der Waals surface area (Å²) >= 11 is 6.11. The largest absolute Gasteiger partial charge is 0.322 e. The second-order valence-corrected chi connectivity index (χ2v) is 7.10. The number of halogens is 1. The van der Waals surface area contributed by atoms with Gasteiger partial charge in [-0.1, -0.05) is 35.9 Å². The minimum absolute atomic E-state index is 0.262. The molecule has 3 aromatic rings. The molecule has 1 aromatic heterocycles. The Morgan fingerprint density at radius 1 is 1.15 bits per heavy atom. The fourth-order valence-electron chi connectivity index (χ4n) is 3.37. The summed E-state index contributed by atoms with van der Waals surface area (Å²) in [7, 11) is 0. The lowest BCUT2D eigenvalue weighted by Gasteiger charge is -2.22. The smallest absolute Gasteiger partial charge is 0.258 e. The zero-order chi connectivity index (χ0) is 19.0. The highest BCUT2D eigenvalue weighted by molar-refractivity contribution is 6.31. The van der Waals surface area contributed by atoms with E-state index in [1.54, 1.807) is 24.5 Å². The van der Waals surface area contributed by atoms with Gasteiger partial charge in [-0.15, -0.1) is 0 Å². The molecular weight excluding hydrogens is 360 g/mol. The van der Waals surface area contributed by atoms with Gasteiger partial charge in [0.1, 0.15) is 0 Å². The summed E-state index contributed by atoms with van der Waals surface area (Å²) in [5, 5.41) is 3.48. The van der Waals surface area contributed by atoms with Crippen molar-refractivity contribution < 1.29 is 4.79 Å². The van der Waals surface area contributed by atoms with Gasteiger partial charge in [-0.05, 0) is 49.6 Å². The van der Waals surface area contributed by atoms with Crippen molar-refractivity contribution in [2.24, 2.45) is 0 Å². The lowest BCUT2D eigenvalue weighted by Crippen LogP contribution is -2.26. The van der Waals surface area contributed by atoms with Crippen LogP contribution in [0, 0.1) is 6.92 Å². The van der Waals surface area contributed by atoms with Crippen LogP contribution in [0.2, 0.25) is 5.02 Å². The molecule has 1 aliphatic heterocycles. The van der Waals surface area contributed by atoms with Gasteiger partial charge in [0.05, 0.1) is 5.56 Å². The number of benzene rings is 2. The fraction of sp³-hybridized carbons (Fsp3) is 0.190. The monoisotopic (exact) mass is 378 g/mol. The quantitative estimate of drug-likeness (QED) is 0.713. The van der Waals surface area contributed by atoms with E-state index < -0.39 is 0 Å². The van der Waals surface area contributed by atoms with Gasteiger partial charge in [-0.2, -0.15) is 0 Å². The maximum atomic E-state index is 12.5. The molecular formula is C21H19ClN4O. The number of carbonyl (C=O) groups is 1. The van der Waals surface area contributed by atoms with Gasteiger partial charge < -0.3 is 10.2 Å². The highest BCUT2D eigenvalue weighted by Crippen LogP contribution is 2.36. The summed E-state index contributed by atoms with van der Waals surface area (Å²) in [4.78, 5) is 23.5. The standard InChI is InChI=1S/C21H19ClN4O/c1-13-10-15-6-3-4-9-19(15)26(13)21-23-11-16(12-24-21)20(27)25-18-8-5-7-17(22)14(18)2/h3-9,11-13H,10H2,1-2H3,(H,25,27). The van der Waals surface area contributed by atoms with Crippen molar-refractivity contribution in [3.8, 4) is 0 Å². The number of fused-ring (bicyclic) bond motifs is 1. The van der Waals surface area contributed by atoms with Gasteiger partial charge in [-0.25, -0.2) is 9.97 Å². The molecule has 0 aliphatic carbocycles. The SMILES string of the molecule is Cc1c(Cl)cccc1NC(=O)c1cnc(N2c3ccccc3CC2C)nc1. The zero-order valence-electron chi connectivity index (χ0n) is 15.1. The van der Waals surface area contributed by atoms with Crippen LogP contribution >= 0.6 is 11.6 Å². The first kappa shape index (κ1) is 17.5. The summed E-state index contributed by atoms with van der Waals surface area (Å²) in [6.07, 6.45) is 4.08. The molecule has 1 aliphatic rings. The third kappa shape index (κ3) is 3.26. The van der Waals surface area contributed by atoms with Crippen molar-refractivity contribution in [2.75, 3.05) is 10.2 Å². The molecule has 0 saturated heterocycles. The van der Waals surface area contributed by atoms with E-state index >= 15 is 0 Å². The van der Waals surface area contributed by atoms with E-state index in [0.29, 0.717) is 22.2 Å². The van der Waals surface area contributed by atoms with E-state index in [4.69, 9.17) is 11.6 Å². The minimum Gasteiger partial charge on any atom is -0.322 e. The molecule has 6 heteroatoms. The molecule has 0 spiro atoms. The van der Waals surface area contributed by atoms with Crippen LogP contribution in [0.15, 0.2) is 54.9 Å². The molecule has 0 radical (unpaired) electrons. The number of aromatic nitrogens is 2.